The predicted octanol–water partition coefficient (Wildman–Crippen LogP) is 5.17. The van der Waals surface area contributed by atoms with E-state index in [0.29, 0.717) is 15.0 Å². The summed E-state index contributed by atoms with van der Waals surface area (Å²) in [6.45, 7) is 1.91. The molecular formula is C22H14ClNO4S. The Bertz CT molecular complexity index is 1110. The Hall–Kier alpha value is -3.09. The Balaban J connectivity index is 1.60. The summed E-state index contributed by atoms with van der Waals surface area (Å²) in [5.74, 6) is -2.09. The number of halogens is 1. The summed E-state index contributed by atoms with van der Waals surface area (Å²) in [5, 5.41) is 1.13. The van der Waals surface area contributed by atoms with E-state index in [2.05, 4.69) is 0 Å². The van der Waals surface area contributed by atoms with E-state index in [0.717, 1.165) is 10.5 Å². The first-order chi connectivity index (χ1) is 13.9. The van der Waals surface area contributed by atoms with Gasteiger partial charge in [0.25, 0.3) is 11.8 Å². The van der Waals surface area contributed by atoms with Crippen molar-refractivity contribution in [1.29, 1.82) is 0 Å². The van der Waals surface area contributed by atoms with Crippen molar-refractivity contribution >= 4 is 41.1 Å². The Labute approximate surface area is 176 Å². The van der Waals surface area contributed by atoms with Gasteiger partial charge >= 0.3 is 5.97 Å². The molecule has 0 atom stereocenters. The highest BCUT2D eigenvalue weighted by atomic mass is 35.5. The van der Waals surface area contributed by atoms with E-state index < -0.39 is 17.8 Å². The average molecular weight is 424 g/mol. The fourth-order valence-corrected chi connectivity index (χ4v) is 4.05. The van der Waals surface area contributed by atoms with Crippen LogP contribution < -0.4 is 0 Å². The van der Waals surface area contributed by atoms with Crippen molar-refractivity contribution in [2.24, 2.45) is 0 Å². The number of fused-ring (bicyclic) bond motifs is 1. The molecule has 7 heteroatoms. The normalized spacial score (nSPS) is 12.8. The molecule has 5 nitrogen and oxygen atoms in total. The van der Waals surface area contributed by atoms with Gasteiger partial charge in [0.05, 0.1) is 16.7 Å². The number of rotatable bonds is 4. The van der Waals surface area contributed by atoms with Crippen molar-refractivity contribution in [3.05, 3.63) is 94.0 Å². The molecule has 1 aliphatic rings. The van der Waals surface area contributed by atoms with E-state index in [1.807, 2.05) is 25.1 Å². The fraction of sp³-hybridized carbons (Fsp3) is 0.0455. The lowest BCUT2D eigenvalue weighted by molar-refractivity contribution is -0.0586. The fourth-order valence-electron chi connectivity index (χ4n) is 2.89. The molecule has 0 bridgehead atoms. The molecule has 0 saturated carbocycles. The number of hydrogen-bond donors (Lipinski definition) is 0. The molecular weight excluding hydrogens is 410 g/mol. The molecule has 0 spiro atoms. The Morgan fingerprint density at radius 2 is 1.55 bits per heavy atom. The molecule has 0 aromatic heterocycles. The molecule has 0 fully saturated rings. The molecule has 0 saturated heterocycles. The van der Waals surface area contributed by atoms with Crippen LogP contribution in [0.15, 0.2) is 76.5 Å². The van der Waals surface area contributed by atoms with E-state index in [1.165, 1.54) is 23.9 Å². The minimum Gasteiger partial charge on any atom is -0.324 e. The highest BCUT2D eigenvalue weighted by Crippen LogP contribution is 2.33. The molecule has 3 aromatic rings. The van der Waals surface area contributed by atoms with Crippen LogP contribution >= 0.6 is 23.4 Å². The minimum atomic E-state index is -0.782. The van der Waals surface area contributed by atoms with E-state index in [4.69, 9.17) is 16.4 Å². The second-order valence-corrected chi connectivity index (χ2v) is 7.94. The van der Waals surface area contributed by atoms with E-state index in [-0.39, 0.29) is 16.7 Å². The minimum absolute atomic E-state index is 0.213. The van der Waals surface area contributed by atoms with Crippen LogP contribution in [0, 0.1) is 6.92 Å². The highest BCUT2D eigenvalue weighted by Gasteiger charge is 2.39. The van der Waals surface area contributed by atoms with Crippen molar-refractivity contribution in [2.75, 3.05) is 0 Å². The monoisotopic (exact) mass is 423 g/mol. The van der Waals surface area contributed by atoms with Crippen molar-refractivity contribution < 1.29 is 19.2 Å². The second-order valence-electron chi connectivity index (χ2n) is 6.38. The number of carbonyl (C=O) groups is 3. The van der Waals surface area contributed by atoms with Crippen LogP contribution in [0.3, 0.4) is 0 Å². The van der Waals surface area contributed by atoms with E-state index in [1.54, 1.807) is 36.4 Å². The number of benzene rings is 3. The van der Waals surface area contributed by atoms with Gasteiger partial charge in [-0.2, -0.15) is 0 Å². The topological polar surface area (TPSA) is 63.7 Å². The zero-order valence-electron chi connectivity index (χ0n) is 15.2. The zero-order chi connectivity index (χ0) is 20.5. The quantitative estimate of drug-likeness (QED) is 0.542. The molecule has 0 N–H and O–H groups in total. The van der Waals surface area contributed by atoms with Gasteiger partial charge in [-0.15, -0.1) is 0 Å². The van der Waals surface area contributed by atoms with Gasteiger partial charge in [-0.3, -0.25) is 9.59 Å². The number of nitrogens with zero attached hydrogens (tertiary/aromatic N) is 1. The predicted molar refractivity (Wildman–Crippen MR) is 109 cm³/mol. The maximum Gasteiger partial charge on any atom is 0.365 e. The molecule has 144 valence electrons. The van der Waals surface area contributed by atoms with Gasteiger partial charge in [-0.05, 0) is 61.0 Å². The third kappa shape index (κ3) is 3.77. The average Bonchev–Trinajstić information content (AvgIpc) is 2.95. The summed E-state index contributed by atoms with van der Waals surface area (Å²) < 4.78 is 0. The highest BCUT2D eigenvalue weighted by molar-refractivity contribution is 7.99. The SMILES string of the molecule is Cc1ccc(C(=O)ON2C(=O)c3ccccc3C2=O)c(Sc2ccc(Cl)cc2)c1. The van der Waals surface area contributed by atoms with Gasteiger partial charge < -0.3 is 4.84 Å². The molecule has 0 radical (unpaired) electrons. The number of aryl methyl sites for hydroxylation is 1. The number of carbonyl (C=O) groups excluding carboxylic acids is 3. The zero-order valence-corrected chi connectivity index (χ0v) is 16.8. The van der Waals surface area contributed by atoms with Crippen molar-refractivity contribution in [3.8, 4) is 0 Å². The molecule has 4 rings (SSSR count). The molecule has 29 heavy (non-hydrogen) atoms. The first-order valence-corrected chi connectivity index (χ1v) is 9.87. The Morgan fingerprint density at radius 3 is 2.17 bits per heavy atom. The van der Waals surface area contributed by atoms with Gasteiger partial charge in [-0.1, -0.05) is 46.6 Å². The molecule has 1 aliphatic heterocycles. The number of hydroxylamine groups is 2. The van der Waals surface area contributed by atoms with E-state index >= 15 is 0 Å². The number of amides is 2. The third-order valence-corrected chi connectivity index (χ3v) is 5.65. The number of hydrogen-bond acceptors (Lipinski definition) is 5. The summed E-state index contributed by atoms with van der Waals surface area (Å²) >= 11 is 7.29. The first-order valence-electron chi connectivity index (χ1n) is 8.68. The summed E-state index contributed by atoms with van der Waals surface area (Å²) in [7, 11) is 0. The van der Waals surface area contributed by atoms with Crippen molar-refractivity contribution in [3.63, 3.8) is 0 Å². The van der Waals surface area contributed by atoms with Gasteiger partial charge in [0.15, 0.2) is 0 Å². The van der Waals surface area contributed by atoms with E-state index in [9.17, 15) is 14.4 Å². The lowest BCUT2D eigenvalue weighted by Gasteiger charge is -2.15. The lowest BCUT2D eigenvalue weighted by Crippen LogP contribution is -2.32. The third-order valence-electron chi connectivity index (χ3n) is 4.33. The lowest BCUT2D eigenvalue weighted by atomic mass is 10.1. The largest absolute Gasteiger partial charge is 0.365 e. The summed E-state index contributed by atoms with van der Waals surface area (Å²) in [6.07, 6.45) is 0. The van der Waals surface area contributed by atoms with Crippen LogP contribution in [0.25, 0.3) is 0 Å². The van der Waals surface area contributed by atoms with Gasteiger partial charge in [-0.25, -0.2) is 4.79 Å². The Kier molecular flexibility index (Phi) is 5.13. The van der Waals surface area contributed by atoms with Crippen LogP contribution in [-0.2, 0) is 4.84 Å². The smallest absolute Gasteiger partial charge is 0.324 e. The van der Waals surface area contributed by atoms with Gasteiger partial charge in [0.2, 0.25) is 0 Å². The maximum absolute atomic E-state index is 12.8. The van der Waals surface area contributed by atoms with Crippen LogP contribution in [0.5, 0.6) is 0 Å². The first kappa shape index (κ1) is 19.2. The number of imide groups is 1. The van der Waals surface area contributed by atoms with Crippen LogP contribution in [-0.4, -0.2) is 22.8 Å². The van der Waals surface area contributed by atoms with Crippen molar-refractivity contribution in [2.45, 2.75) is 16.7 Å². The molecule has 3 aromatic carbocycles. The van der Waals surface area contributed by atoms with Crippen LogP contribution in [0.1, 0.15) is 36.6 Å². The molecule has 0 unspecified atom stereocenters. The Morgan fingerprint density at radius 1 is 0.931 bits per heavy atom. The van der Waals surface area contributed by atoms with Crippen LogP contribution in [0.4, 0.5) is 0 Å². The molecule has 2 amide bonds. The van der Waals surface area contributed by atoms with Gasteiger partial charge in [0, 0.05) is 14.8 Å². The van der Waals surface area contributed by atoms with Crippen molar-refractivity contribution in [1.82, 2.24) is 5.06 Å². The molecule has 1 heterocycles. The summed E-state index contributed by atoms with van der Waals surface area (Å²) in [4.78, 5) is 44.4. The maximum atomic E-state index is 12.8. The second kappa shape index (κ2) is 7.73. The van der Waals surface area contributed by atoms with Gasteiger partial charge in [0.1, 0.15) is 0 Å². The summed E-state index contributed by atoms with van der Waals surface area (Å²) in [6, 6.07) is 18.8. The standard InChI is InChI=1S/C22H14ClNO4S/c1-13-6-11-18(19(12-13)29-15-9-7-14(23)8-10-15)22(27)28-24-20(25)16-4-2-3-5-17(16)21(24)26/h2-12H,1H3. The molecule has 0 aliphatic carbocycles. The van der Waals surface area contributed by atoms with Crippen LogP contribution in [0.2, 0.25) is 5.02 Å². The summed E-state index contributed by atoms with van der Waals surface area (Å²) in [5.41, 5.74) is 1.64.